The predicted molar refractivity (Wildman–Crippen MR) is 86.0 cm³/mol. The molecule has 22 heavy (non-hydrogen) atoms. The van der Waals surface area contributed by atoms with Crippen LogP contribution in [0.25, 0.3) is 0 Å². The van der Waals surface area contributed by atoms with Gasteiger partial charge < -0.3 is 4.74 Å². The van der Waals surface area contributed by atoms with Gasteiger partial charge in [0.15, 0.2) is 4.80 Å². The van der Waals surface area contributed by atoms with Crippen LogP contribution in [0.2, 0.25) is 5.02 Å². The van der Waals surface area contributed by atoms with Gasteiger partial charge >= 0.3 is 5.97 Å². The summed E-state index contributed by atoms with van der Waals surface area (Å²) in [4.78, 5) is 28.9. The molecule has 7 heteroatoms. The molecule has 0 unspecified atom stereocenters. The van der Waals surface area contributed by atoms with Crippen LogP contribution in [0.3, 0.4) is 0 Å². The summed E-state index contributed by atoms with van der Waals surface area (Å²) in [6, 6.07) is 7.09. The van der Waals surface area contributed by atoms with E-state index in [1.54, 1.807) is 18.2 Å². The molecule has 0 aliphatic carbocycles. The third-order valence-electron chi connectivity index (χ3n) is 2.79. The summed E-state index contributed by atoms with van der Waals surface area (Å²) < 4.78 is 6.50. The highest BCUT2D eigenvalue weighted by molar-refractivity contribution is 7.09. The normalized spacial score (nSPS) is 11.5. The van der Waals surface area contributed by atoms with E-state index in [2.05, 4.69) is 4.99 Å². The molecule has 0 aliphatic heterocycles. The molecule has 1 heterocycles. The van der Waals surface area contributed by atoms with E-state index in [9.17, 15) is 9.59 Å². The van der Waals surface area contributed by atoms with Gasteiger partial charge in [0.1, 0.15) is 0 Å². The summed E-state index contributed by atoms with van der Waals surface area (Å²) in [5.41, 5.74) is 0.553. The summed E-state index contributed by atoms with van der Waals surface area (Å²) in [7, 11) is 0. The lowest BCUT2D eigenvalue weighted by Gasteiger charge is -2.05. The average molecular weight is 339 g/mol. The molecule has 0 amide bonds. The third kappa shape index (κ3) is 3.45. The second-order valence-electron chi connectivity index (χ2n) is 4.48. The van der Waals surface area contributed by atoms with Crippen LogP contribution in [0.5, 0.6) is 5.88 Å². The van der Waals surface area contributed by atoms with Gasteiger partial charge in [-0.1, -0.05) is 42.0 Å². The number of benzene rings is 1. The third-order valence-corrected chi connectivity index (χ3v) is 4.28. The molecule has 1 aromatic heterocycles. The van der Waals surface area contributed by atoms with Crippen LogP contribution in [-0.4, -0.2) is 16.4 Å². The van der Waals surface area contributed by atoms with Crippen LogP contribution in [0, 0.1) is 0 Å². The summed E-state index contributed by atoms with van der Waals surface area (Å²) in [6.45, 7) is 4.61. The molecule has 0 saturated heterocycles. The van der Waals surface area contributed by atoms with Crippen LogP contribution < -0.4 is 9.54 Å². The van der Waals surface area contributed by atoms with E-state index in [1.165, 1.54) is 29.8 Å². The van der Waals surface area contributed by atoms with E-state index in [4.69, 9.17) is 16.3 Å². The number of thiazole rings is 1. The fourth-order valence-corrected chi connectivity index (χ4v) is 3.08. The molecule has 2 aromatic rings. The fourth-order valence-electron chi connectivity index (χ4n) is 1.87. The van der Waals surface area contributed by atoms with Crippen molar-refractivity contribution in [2.75, 3.05) is 0 Å². The Morgan fingerprint density at radius 3 is 2.55 bits per heavy atom. The van der Waals surface area contributed by atoms with Crippen molar-refractivity contribution in [2.45, 2.75) is 27.2 Å². The zero-order valence-electron chi connectivity index (χ0n) is 12.4. The van der Waals surface area contributed by atoms with Crippen molar-refractivity contribution < 1.29 is 14.3 Å². The molecule has 5 nitrogen and oxygen atoms in total. The number of carbonyl (C=O) groups excluding carboxylic acids is 2. The predicted octanol–water partition coefficient (Wildman–Crippen LogP) is 3.58. The highest BCUT2D eigenvalue weighted by atomic mass is 35.5. The molecular formula is C15H15ClN2O3S. The largest absolute Gasteiger partial charge is 0.408 e. The smallest absolute Gasteiger partial charge is 0.309 e. The number of hydrogen-bond donors (Lipinski definition) is 0. The van der Waals surface area contributed by atoms with Gasteiger partial charge in [-0.05, 0) is 18.6 Å². The maximum absolute atomic E-state index is 12.0. The molecule has 0 radical (unpaired) electrons. The number of aromatic nitrogens is 1. The van der Waals surface area contributed by atoms with E-state index < -0.39 is 5.97 Å². The summed E-state index contributed by atoms with van der Waals surface area (Å²) in [6.07, 6.45) is 0.624. The average Bonchev–Trinajstić information content (AvgIpc) is 2.78. The van der Waals surface area contributed by atoms with Crippen molar-refractivity contribution in [1.29, 1.82) is 0 Å². The van der Waals surface area contributed by atoms with Gasteiger partial charge in [0.05, 0.1) is 15.6 Å². The summed E-state index contributed by atoms with van der Waals surface area (Å²) in [5.74, 6) is -0.525. The highest BCUT2D eigenvalue weighted by Gasteiger charge is 2.18. The first-order chi connectivity index (χ1) is 10.4. The van der Waals surface area contributed by atoms with Gasteiger partial charge in [0, 0.05) is 13.8 Å². The molecular weight excluding hydrogens is 324 g/mol. The van der Waals surface area contributed by atoms with Crippen molar-refractivity contribution >= 4 is 40.5 Å². The van der Waals surface area contributed by atoms with E-state index in [1.807, 2.05) is 13.0 Å². The minimum Gasteiger partial charge on any atom is -0.408 e. The van der Waals surface area contributed by atoms with E-state index in [0.29, 0.717) is 21.9 Å². The number of esters is 1. The Morgan fingerprint density at radius 2 is 2.00 bits per heavy atom. The maximum atomic E-state index is 12.0. The molecule has 0 bridgehead atoms. The van der Waals surface area contributed by atoms with Gasteiger partial charge in [-0.25, -0.2) is 9.56 Å². The van der Waals surface area contributed by atoms with Crippen LogP contribution in [0.15, 0.2) is 29.3 Å². The van der Waals surface area contributed by atoms with Crippen LogP contribution in [0.4, 0.5) is 5.69 Å². The maximum Gasteiger partial charge on any atom is 0.309 e. The van der Waals surface area contributed by atoms with Crippen molar-refractivity contribution in [3.05, 3.63) is 39.0 Å². The van der Waals surface area contributed by atoms with Crippen LogP contribution >= 0.6 is 22.9 Å². The Balaban J connectivity index is 2.71. The lowest BCUT2D eigenvalue weighted by molar-refractivity contribution is -0.132. The first-order valence-corrected chi connectivity index (χ1v) is 7.86. The first kappa shape index (κ1) is 16.5. The standard InChI is InChI=1S/C15H15ClN2O3S/c1-4-13-14(21-10(3)20)18(9(2)19)15(22-13)17-12-8-6-5-7-11(12)16/h5-8H,4H2,1-3H3. The van der Waals surface area contributed by atoms with Crippen molar-refractivity contribution in [3.8, 4) is 5.88 Å². The number of nitrogens with zero attached hydrogens (tertiary/aromatic N) is 2. The van der Waals surface area contributed by atoms with Gasteiger partial charge in [-0.2, -0.15) is 0 Å². The number of para-hydroxylation sites is 1. The summed E-state index contributed by atoms with van der Waals surface area (Å²) in [5, 5.41) is 0.484. The lowest BCUT2D eigenvalue weighted by atomic mass is 10.3. The number of ether oxygens (including phenoxy) is 1. The van der Waals surface area contributed by atoms with Crippen LogP contribution in [-0.2, 0) is 11.2 Å². The fraction of sp³-hybridized carbons (Fsp3) is 0.267. The van der Waals surface area contributed by atoms with E-state index in [0.717, 1.165) is 4.88 Å². The minimum absolute atomic E-state index is 0.235. The van der Waals surface area contributed by atoms with E-state index >= 15 is 0 Å². The second kappa shape index (κ2) is 6.89. The SMILES string of the molecule is CCc1sc(=Nc2ccccc2Cl)n(C(C)=O)c1OC(C)=O. The highest BCUT2D eigenvalue weighted by Crippen LogP contribution is 2.26. The molecule has 116 valence electrons. The number of aryl methyl sites for hydroxylation is 1. The Bertz CT molecular complexity index is 792. The van der Waals surface area contributed by atoms with Crippen molar-refractivity contribution in [1.82, 2.24) is 4.57 Å². The van der Waals surface area contributed by atoms with Crippen LogP contribution in [0.1, 0.15) is 30.4 Å². The Hall–Kier alpha value is -1.92. The minimum atomic E-state index is -0.480. The van der Waals surface area contributed by atoms with Gasteiger partial charge in [0.25, 0.3) is 0 Å². The quantitative estimate of drug-likeness (QED) is 0.803. The molecule has 1 aromatic carbocycles. The Labute approximate surface area is 136 Å². The molecule has 0 atom stereocenters. The number of carbonyl (C=O) groups is 2. The number of hydrogen-bond acceptors (Lipinski definition) is 5. The zero-order chi connectivity index (χ0) is 16.3. The first-order valence-electron chi connectivity index (χ1n) is 6.67. The Morgan fingerprint density at radius 1 is 1.32 bits per heavy atom. The van der Waals surface area contributed by atoms with Gasteiger partial charge in [0.2, 0.25) is 11.8 Å². The summed E-state index contributed by atoms with van der Waals surface area (Å²) >= 11 is 7.40. The van der Waals surface area contributed by atoms with Gasteiger partial charge in [-0.3, -0.25) is 9.59 Å². The monoisotopic (exact) mass is 338 g/mol. The zero-order valence-corrected chi connectivity index (χ0v) is 14.0. The lowest BCUT2D eigenvalue weighted by Crippen LogP contribution is -2.22. The second-order valence-corrected chi connectivity index (χ2v) is 5.95. The molecule has 0 N–H and O–H groups in total. The molecule has 0 fully saturated rings. The van der Waals surface area contributed by atoms with E-state index in [-0.39, 0.29) is 11.8 Å². The molecule has 0 saturated carbocycles. The van der Waals surface area contributed by atoms with Gasteiger partial charge in [-0.15, -0.1) is 0 Å². The van der Waals surface area contributed by atoms with Crippen molar-refractivity contribution in [2.24, 2.45) is 4.99 Å². The Kier molecular flexibility index (Phi) is 5.15. The molecule has 2 rings (SSSR count). The topological polar surface area (TPSA) is 60.7 Å². The van der Waals surface area contributed by atoms with Crippen molar-refractivity contribution in [3.63, 3.8) is 0 Å². The molecule has 0 spiro atoms. The molecule has 0 aliphatic rings. The number of halogens is 1. The number of rotatable bonds is 3.